The van der Waals surface area contributed by atoms with Crippen molar-refractivity contribution in [2.45, 2.75) is 32.6 Å². The van der Waals surface area contributed by atoms with Gasteiger partial charge in [-0.2, -0.15) is 0 Å². The highest BCUT2D eigenvalue weighted by molar-refractivity contribution is 6.00. The molecular formula is C11H14O2. The topological polar surface area (TPSA) is 34.1 Å². The number of rotatable bonds is 0. The van der Waals surface area contributed by atoms with Gasteiger partial charge in [0.15, 0.2) is 5.78 Å². The number of hydrogen-bond donors (Lipinski definition) is 0. The number of carbonyl (C=O) groups is 2. The molecule has 0 N–H and O–H groups in total. The summed E-state index contributed by atoms with van der Waals surface area (Å²) in [5, 5.41) is 0. The maximum atomic E-state index is 11.7. The molecule has 13 heavy (non-hydrogen) atoms. The second-order valence-corrected chi connectivity index (χ2v) is 4.15. The van der Waals surface area contributed by atoms with Gasteiger partial charge in [-0.25, -0.2) is 0 Å². The molecule has 2 unspecified atom stereocenters. The van der Waals surface area contributed by atoms with Crippen molar-refractivity contribution in [3.8, 4) is 0 Å². The summed E-state index contributed by atoms with van der Waals surface area (Å²) in [6.07, 6.45) is 4.90. The molecule has 0 spiro atoms. The summed E-state index contributed by atoms with van der Waals surface area (Å²) >= 11 is 0. The maximum absolute atomic E-state index is 11.7. The van der Waals surface area contributed by atoms with E-state index in [0.717, 1.165) is 18.4 Å². The first-order valence-corrected chi connectivity index (χ1v) is 4.94. The molecule has 0 amide bonds. The van der Waals surface area contributed by atoms with Crippen LogP contribution in [0.3, 0.4) is 0 Å². The minimum absolute atomic E-state index is 0.177. The van der Waals surface area contributed by atoms with Crippen LogP contribution in [0.25, 0.3) is 0 Å². The van der Waals surface area contributed by atoms with Crippen molar-refractivity contribution in [2.75, 3.05) is 0 Å². The Morgan fingerprint density at radius 1 is 1.31 bits per heavy atom. The van der Waals surface area contributed by atoms with E-state index < -0.39 is 0 Å². The average molecular weight is 178 g/mol. The SMILES string of the molecule is CC1CCC2CC(=O)CC=C2C1=O. The van der Waals surface area contributed by atoms with Gasteiger partial charge in [-0.1, -0.05) is 13.0 Å². The molecule has 2 rings (SSSR count). The van der Waals surface area contributed by atoms with Crippen molar-refractivity contribution >= 4 is 11.6 Å². The Morgan fingerprint density at radius 2 is 2.08 bits per heavy atom. The first kappa shape index (κ1) is 8.67. The third-order valence-electron chi connectivity index (χ3n) is 3.14. The fourth-order valence-corrected chi connectivity index (χ4v) is 2.28. The highest BCUT2D eigenvalue weighted by Crippen LogP contribution is 2.35. The van der Waals surface area contributed by atoms with Gasteiger partial charge in [-0.15, -0.1) is 0 Å². The Balaban J connectivity index is 2.25. The molecule has 1 fully saturated rings. The number of fused-ring (bicyclic) bond motifs is 1. The van der Waals surface area contributed by atoms with Crippen LogP contribution in [-0.4, -0.2) is 11.6 Å². The standard InChI is InChI=1S/C11H14O2/c1-7-2-3-8-6-9(12)4-5-10(8)11(7)13/h5,7-8H,2-4,6H2,1H3. The molecule has 0 radical (unpaired) electrons. The fraction of sp³-hybridized carbons (Fsp3) is 0.636. The summed E-state index contributed by atoms with van der Waals surface area (Å²) in [6, 6.07) is 0. The van der Waals surface area contributed by atoms with Crippen LogP contribution in [0.2, 0.25) is 0 Å². The Morgan fingerprint density at radius 3 is 2.85 bits per heavy atom. The van der Waals surface area contributed by atoms with Crippen molar-refractivity contribution in [2.24, 2.45) is 11.8 Å². The molecule has 2 atom stereocenters. The van der Waals surface area contributed by atoms with Gasteiger partial charge >= 0.3 is 0 Å². The number of hydrogen-bond acceptors (Lipinski definition) is 2. The van der Waals surface area contributed by atoms with Crippen LogP contribution in [0.1, 0.15) is 32.6 Å². The minimum atomic E-state index is 0.177. The largest absolute Gasteiger partial charge is 0.299 e. The van der Waals surface area contributed by atoms with E-state index in [4.69, 9.17) is 0 Å². The summed E-state index contributed by atoms with van der Waals surface area (Å²) in [5.74, 6) is 1.00. The van der Waals surface area contributed by atoms with E-state index >= 15 is 0 Å². The summed E-state index contributed by atoms with van der Waals surface area (Å²) in [7, 11) is 0. The van der Waals surface area contributed by atoms with E-state index in [1.165, 1.54) is 0 Å². The fourth-order valence-electron chi connectivity index (χ4n) is 2.28. The molecule has 0 aromatic heterocycles. The van der Waals surface area contributed by atoms with Gasteiger partial charge in [0.25, 0.3) is 0 Å². The lowest BCUT2D eigenvalue weighted by atomic mass is 9.73. The molecule has 0 saturated heterocycles. The number of ketones is 2. The molecule has 0 aromatic rings. The van der Waals surface area contributed by atoms with Crippen molar-refractivity contribution in [3.63, 3.8) is 0 Å². The van der Waals surface area contributed by atoms with E-state index in [9.17, 15) is 9.59 Å². The minimum Gasteiger partial charge on any atom is -0.299 e. The Labute approximate surface area is 78.0 Å². The molecule has 2 heteroatoms. The van der Waals surface area contributed by atoms with Gasteiger partial charge in [0.2, 0.25) is 0 Å². The molecule has 2 nitrogen and oxygen atoms in total. The molecule has 0 aliphatic heterocycles. The lowest BCUT2D eigenvalue weighted by Crippen LogP contribution is -2.30. The van der Waals surface area contributed by atoms with Crippen molar-refractivity contribution < 1.29 is 9.59 Å². The number of Topliss-reactive ketones (excluding diaryl/α,β-unsaturated/α-hetero) is 2. The van der Waals surface area contributed by atoms with Crippen LogP contribution in [0.5, 0.6) is 0 Å². The number of carbonyl (C=O) groups excluding carboxylic acids is 2. The Bertz CT molecular complexity index is 288. The molecule has 0 aromatic carbocycles. The lowest BCUT2D eigenvalue weighted by molar-refractivity contribution is -0.122. The van der Waals surface area contributed by atoms with E-state index in [2.05, 4.69) is 0 Å². The van der Waals surface area contributed by atoms with Gasteiger partial charge < -0.3 is 0 Å². The van der Waals surface area contributed by atoms with E-state index in [-0.39, 0.29) is 23.4 Å². The maximum Gasteiger partial charge on any atom is 0.161 e. The Kier molecular flexibility index (Phi) is 2.06. The monoisotopic (exact) mass is 178 g/mol. The van der Waals surface area contributed by atoms with Gasteiger partial charge in [-0.05, 0) is 24.3 Å². The van der Waals surface area contributed by atoms with Crippen LogP contribution >= 0.6 is 0 Å². The van der Waals surface area contributed by atoms with Crippen molar-refractivity contribution in [1.29, 1.82) is 0 Å². The molecule has 0 bridgehead atoms. The van der Waals surface area contributed by atoms with Crippen LogP contribution in [-0.2, 0) is 9.59 Å². The summed E-state index contributed by atoms with van der Waals surface area (Å²) in [4.78, 5) is 22.8. The van der Waals surface area contributed by atoms with Crippen molar-refractivity contribution in [3.05, 3.63) is 11.6 Å². The summed E-state index contributed by atoms with van der Waals surface area (Å²) in [6.45, 7) is 1.98. The van der Waals surface area contributed by atoms with Crippen LogP contribution < -0.4 is 0 Å². The lowest BCUT2D eigenvalue weighted by Gasteiger charge is -2.30. The normalized spacial score (nSPS) is 34.1. The van der Waals surface area contributed by atoms with E-state index in [0.29, 0.717) is 12.8 Å². The van der Waals surface area contributed by atoms with Crippen molar-refractivity contribution in [1.82, 2.24) is 0 Å². The second kappa shape index (κ2) is 3.09. The smallest absolute Gasteiger partial charge is 0.161 e. The zero-order valence-corrected chi connectivity index (χ0v) is 7.88. The average Bonchev–Trinajstić information content (AvgIpc) is 2.12. The van der Waals surface area contributed by atoms with Gasteiger partial charge in [0.05, 0.1) is 0 Å². The zero-order valence-electron chi connectivity index (χ0n) is 7.88. The second-order valence-electron chi connectivity index (χ2n) is 4.15. The predicted molar refractivity (Wildman–Crippen MR) is 49.2 cm³/mol. The molecule has 1 saturated carbocycles. The van der Waals surface area contributed by atoms with E-state index in [1.807, 2.05) is 13.0 Å². The molecule has 2 aliphatic rings. The summed E-state index contributed by atoms with van der Waals surface area (Å²) in [5.41, 5.74) is 0.943. The summed E-state index contributed by atoms with van der Waals surface area (Å²) < 4.78 is 0. The van der Waals surface area contributed by atoms with Crippen LogP contribution in [0.15, 0.2) is 11.6 Å². The number of allylic oxidation sites excluding steroid dienone is 2. The third kappa shape index (κ3) is 1.45. The van der Waals surface area contributed by atoms with E-state index in [1.54, 1.807) is 0 Å². The molecule has 70 valence electrons. The first-order chi connectivity index (χ1) is 6.18. The third-order valence-corrected chi connectivity index (χ3v) is 3.14. The molecule has 2 aliphatic carbocycles. The highest BCUT2D eigenvalue weighted by Gasteiger charge is 2.33. The van der Waals surface area contributed by atoms with Gasteiger partial charge in [0, 0.05) is 18.8 Å². The highest BCUT2D eigenvalue weighted by atomic mass is 16.1. The van der Waals surface area contributed by atoms with Crippen LogP contribution in [0, 0.1) is 11.8 Å². The van der Waals surface area contributed by atoms with Crippen LogP contribution in [0.4, 0.5) is 0 Å². The Hall–Kier alpha value is -0.920. The quantitative estimate of drug-likeness (QED) is 0.567. The molecular weight excluding hydrogens is 164 g/mol. The predicted octanol–water partition coefficient (Wildman–Crippen LogP) is 1.89. The molecule has 0 heterocycles. The first-order valence-electron chi connectivity index (χ1n) is 4.94. The van der Waals surface area contributed by atoms with Gasteiger partial charge in [0.1, 0.15) is 5.78 Å². The van der Waals surface area contributed by atoms with Gasteiger partial charge in [-0.3, -0.25) is 9.59 Å². The zero-order chi connectivity index (χ0) is 9.42.